The maximum Gasteiger partial charge on any atom is 0.446 e. The number of anilines is 1. The lowest BCUT2D eigenvalue weighted by molar-refractivity contribution is -0.0328. The molecule has 0 aliphatic carbocycles. The van der Waals surface area contributed by atoms with Crippen LogP contribution in [-0.2, 0) is 0 Å². The minimum atomic E-state index is -4.24. The summed E-state index contributed by atoms with van der Waals surface area (Å²) >= 11 is -0.118. The maximum atomic E-state index is 12.0. The molecule has 6 heteroatoms. The quantitative estimate of drug-likeness (QED) is 0.806. The SMILES string of the molecule is CC(CN)Nc1ccc(SC(F)(F)F)cc1. The summed E-state index contributed by atoms with van der Waals surface area (Å²) in [6.07, 6.45) is 0. The van der Waals surface area contributed by atoms with Crippen LogP contribution in [0.4, 0.5) is 18.9 Å². The smallest absolute Gasteiger partial charge is 0.381 e. The number of nitrogens with two attached hydrogens (primary N) is 1. The Balaban J connectivity index is 2.61. The van der Waals surface area contributed by atoms with E-state index in [0.29, 0.717) is 6.54 Å². The van der Waals surface area contributed by atoms with Gasteiger partial charge in [0.25, 0.3) is 0 Å². The van der Waals surface area contributed by atoms with Gasteiger partial charge in [-0.2, -0.15) is 13.2 Å². The van der Waals surface area contributed by atoms with Crippen molar-refractivity contribution in [3.63, 3.8) is 0 Å². The Morgan fingerprint density at radius 1 is 1.31 bits per heavy atom. The Hall–Kier alpha value is -0.880. The summed E-state index contributed by atoms with van der Waals surface area (Å²) < 4.78 is 36.1. The Bertz CT molecular complexity index is 324. The zero-order valence-electron chi connectivity index (χ0n) is 8.71. The molecular formula is C10H13F3N2S. The number of nitrogens with one attached hydrogen (secondary N) is 1. The summed E-state index contributed by atoms with van der Waals surface area (Å²) in [5.74, 6) is 0. The molecule has 0 radical (unpaired) electrons. The molecule has 16 heavy (non-hydrogen) atoms. The topological polar surface area (TPSA) is 38.0 Å². The molecule has 3 N–H and O–H groups in total. The van der Waals surface area contributed by atoms with E-state index in [1.165, 1.54) is 12.1 Å². The van der Waals surface area contributed by atoms with Crippen molar-refractivity contribution >= 4 is 17.4 Å². The molecule has 1 unspecified atom stereocenters. The van der Waals surface area contributed by atoms with Crippen LogP contribution in [0.3, 0.4) is 0 Å². The van der Waals surface area contributed by atoms with Gasteiger partial charge in [-0.1, -0.05) is 0 Å². The van der Waals surface area contributed by atoms with Crippen LogP contribution in [0.1, 0.15) is 6.92 Å². The van der Waals surface area contributed by atoms with Gasteiger partial charge in [0.1, 0.15) is 0 Å². The first-order chi connectivity index (χ1) is 7.40. The van der Waals surface area contributed by atoms with E-state index >= 15 is 0 Å². The lowest BCUT2D eigenvalue weighted by Crippen LogP contribution is -2.24. The number of rotatable bonds is 4. The lowest BCUT2D eigenvalue weighted by atomic mass is 10.2. The highest BCUT2D eigenvalue weighted by Crippen LogP contribution is 2.36. The number of hydrogen-bond donors (Lipinski definition) is 2. The molecule has 90 valence electrons. The summed E-state index contributed by atoms with van der Waals surface area (Å²) in [5.41, 5.74) is 1.95. The van der Waals surface area contributed by atoms with E-state index in [1.807, 2.05) is 6.92 Å². The largest absolute Gasteiger partial charge is 0.446 e. The van der Waals surface area contributed by atoms with Crippen LogP contribution in [-0.4, -0.2) is 18.1 Å². The molecule has 2 nitrogen and oxygen atoms in total. The fourth-order valence-corrected chi connectivity index (χ4v) is 1.64. The second-order valence-electron chi connectivity index (χ2n) is 3.35. The van der Waals surface area contributed by atoms with Gasteiger partial charge in [-0.15, -0.1) is 0 Å². The van der Waals surface area contributed by atoms with Crippen molar-refractivity contribution in [1.82, 2.24) is 0 Å². The Morgan fingerprint density at radius 2 is 1.88 bits per heavy atom. The molecule has 0 aliphatic rings. The summed E-state index contributed by atoms with van der Waals surface area (Å²) in [4.78, 5) is 0.179. The van der Waals surface area contributed by atoms with Crippen LogP contribution in [0.25, 0.3) is 0 Å². The Morgan fingerprint density at radius 3 is 2.31 bits per heavy atom. The third-order valence-electron chi connectivity index (χ3n) is 1.85. The molecular weight excluding hydrogens is 237 g/mol. The van der Waals surface area contributed by atoms with Gasteiger partial charge in [-0.3, -0.25) is 0 Å². The summed E-state index contributed by atoms with van der Waals surface area (Å²) in [5, 5.41) is 3.07. The van der Waals surface area contributed by atoms with E-state index < -0.39 is 5.51 Å². The van der Waals surface area contributed by atoms with Crippen LogP contribution < -0.4 is 11.1 Å². The second-order valence-corrected chi connectivity index (χ2v) is 4.49. The first-order valence-corrected chi connectivity index (χ1v) is 5.55. The molecule has 1 aromatic carbocycles. The minimum absolute atomic E-state index is 0.0983. The van der Waals surface area contributed by atoms with Gasteiger partial charge in [0.15, 0.2) is 0 Å². The number of alkyl halides is 3. The second kappa shape index (κ2) is 5.45. The molecule has 0 fully saturated rings. The molecule has 0 amide bonds. The van der Waals surface area contributed by atoms with Gasteiger partial charge in [0.05, 0.1) is 0 Å². The van der Waals surface area contributed by atoms with E-state index in [4.69, 9.17) is 5.73 Å². The van der Waals surface area contributed by atoms with Gasteiger partial charge in [-0.05, 0) is 43.0 Å². The molecule has 0 saturated carbocycles. The van der Waals surface area contributed by atoms with E-state index in [9.17, 15) is 13.2 Å². The molecule has 0 heterocycles. The molecule has 0 saturated heterocycles. The lowest BCUT2D eigenvalue weighted by Gasteiger charge is -2.13. The molecule has 1 atom stereocenters. The highest BCUT2D eigenvalue weighted by atomic mass is 32.2. The molecule has 1 aromatic rings. The zero-order valence-corrected chi connectivity index (χ0v) is 9.53. The third kappa shape index (κ3) is 4.76. The standard InChI is InChI=1S/C10H13F3N2S/c1-7(6-14)15-8-2-4-9(5-3-8)16-10(11,12)13/h2-5,7,15H,6,14H2,1H3. The molecule has 0 aliphatic heterocycles. The molecule has 1 rings (SSSR count). The first-order valence-electron chi connectivity index (χ1n) is 4.73. The predicted octanol–water partition coefficient (Wildman–Crippen LogP) is 3.06. The fourth-order valence-electron chi connectivity index (χ4n) is 1.10. The van der Waals surface area contributed by atoms with Crippen molar-refractivity contribution < 1.29 is 13.2 Å². The highest BCUT2D eigenvalue weighted by molar-refractivity contribution is 8.00. The minimum Gasteiger partial charge on any atom is -0.381 e. The van der Waals surface area contributed by atoms with Gasteiger partial charge < -0.3 is 11.1 Å². The summed E-state index contributed by atoms with van der Waals surface area (Å²) in [6.45, 7) is 2.37. The average molecular weight is 250 g/mol. The van der Waals surface area contributed by atoms with E-state index in [0.717, 1.165) is 5.69 Å². The van der Waals surface area contributed by atoms with E-state index in [1.54, 1.807) is 12.1 Å². The van der Waals surface area contributed by atoms with Crippen LogP contribution in [0.2, 0.25) is 0 Å². The zero-order chi connectivity index (χ0) is 12.2. The van der Waals surface area contributed by atoms with Gasteiger partial charge in [-0.25, -0.2) is 0 Å². The van der Waals surface area contributed by atoms with E-state index in [2.05, 4.69) is 5.32 Å². The predicted molar refractivity (Wildman–Crippen MR) is 60.5 cm³/mol. The van der Waals surface area contributed by atoms with Gasteiger partial charge >= 0.3 is 5.51 Å². The number of benzene rings is 1. The fraction of sp³-hybridized carbons (Fsp3) is 0.400. The summed E-state index contributed by atoms with van der Waals surface area (Å²) in [7, 11) is 0. The van der Waals surface area contributed by atoms with Crippen molar-refractivity contribution in [1.29, 1.82) is 0 Å². The number of halogens is 3. The summed E-state index contributed by atoms with van der Waals surface area (Å²) in [6, 6.07) is 6.19. The van der Waals surface area contributed by atoms with Gasteiger partial charge in [0, 0.05) is 23.2 Å². The van der Waals surface area contributed by atoms with Crippen molar-refractivity contribution in [2.45, 2.75) is 23.4 Å². The first kappa shape index (κ1) is 13.2. The van der Waals surface area contributed by atoms with Crippen molar-refractivity contribution in [2.75, 3.05) is 11.9 Å². The van der Waals surface area contributed by atoms with Gasteiger partial charge in [0.2, 0.25) is 0 Å². The highest BCUT2D eigenvalue weighted by Gasteiger charge is 2.28. The monoisotopic (exact) mass is 250 g/mol. The van der Waals surface area contributed by atoms with Crippen molar-refractivity contribution in [3.8, 4) is 0 Å². The maximum absolute atomic E-state index is 12.0. The number of thioether (sulfide) groups is 1. The molecule has 0 spiro atoms. The number of hydrogen-bond acceptors (Lipinski definition) is 3. The third-order valence-corrected chi connectivity index (χ3v) is 2.59. The van der Waals surface area contributed by atoms with Crippen LogP contribution in [0, 0.1) is 0 Å². The average Bonchev–Trinajstić information content (AvgIpc) is 2.18. The van der Waals surface area contributed by atoms with Crippen molar-refractivity contribution in [3.05, 3.63) is 24.3 Å². The van der Waals surface area contributed by atoms with Crippen LogP contribution in [0.15, 0.2) is 29.2 Å². The normalized spacial score (nSPS) is 13.6. The van der Waals surface area contributed by atoms with Crippen LogP contribution >= 0.6 is 11.8 Å². The van der Waals surface area contributed by atoms with Crippen LogP contribution in [0.5, 0.6) is 0 Å². The van der Waals surface area contributed by atoms with Crippen molar-refractivity contribution in [2.24, 2.45) is 5.73 Å². The molecule has 0 aromatic heterocycles. The molecule has 0 bridgehead atoms. The Kier molecular flexibility index (Phi) is 4.49. The Labute approximate surface area is 96.4 Å². The van der Waals surface area contributed by atoms with E-state index in [-0.39, 0.29) is 22.7 Å².